The summed E-state index contributed by atoms with van der Waals surface area (Å²) in [6.07, 6.45) is 0. The van der Waals surface area contributed by atoms with Gasteiger partial charge in [-0.1, -0.05) is 53.3 Å². The number of aryl methyl sites for hydroxylation is 2. The molecule has 0 saturated carbocycles. The van der Waals surface area contributed by atoms with E-state index in [-0.39, 0.29) is 35.4 Å². The van der Waals surface area contributed by atoms with Gasteiger partial charge in [-0.15, -0.1) is 10.2 Å². The normalized spacial score (nSPS) is 14.7. The predicted molar refractivity (Wildman–Crippen MR) is 151 cm³/mol. The molecule has 1 aliphatic heterocycles. The van der Waals surface area contributed by atoms with E-state index in [0.29, 0.717) is 29.8 Å². The Balaban J connectivity index is 1.17. The summed E-state index contributed by atoms with van der Waals surface area (Å²) in [5.74, 6) is 0.972. The van der Waals surface area contributed by atoms with Crippen molar-refractivity contribution in [1.82, 2.24) is 34.1 Å². The van der Waals surface area contributed by atoms with Gasteiger partial charge in [0.2, 0.25) is 15.9 Å². The summed E-state index contributed by atoms with van der Waals surface area (Å²) < 4.78 is 34.6. The molecule has 40 heavy (non-hydrogen) atoms. The number of para-hydroxylation sites is 2. The van der Waals surface area contributed by atoms with E-state index in [9.17, 15) is 13.2 Å². The van der Waals surface area contributed by atoms with Gasteiger partial charge in [0.25, 0.3) is 0 Å². The molecule has 1 fully saturated rings. The minimum absolute atomic E-state index is 0.0887. The van der Waals surface area contributed by atoms with Gasteiger partial charge in [-0.05, 0) is 38.1 Å². The number of amides is 1. The van der Waals surface area contributed by atoms with Crippen molar-refractivity contribution in [3.8, 4) is 17.2 Å². The van der Waals surface area contributed by atoms with E-state index in [1.807, 2.05) is 65.2 Å². The van der Waals surface area contributed by atoms with Gasteiger partial charge in [-0.2, -0.15) is 4.31 Å². The number of aromatic nitrogens is 5. The number of nitrogens with one attached hydrogen (secondary N) is 1. The number of hydrogen-bond acceptors (Lipinski definition) is 8. The van der Waals surface area contributed by atoms with Gasteiger partial charge in [0, 0.05) is 42.8 Å². The molecular weight excluding hydrogens is 550 g/mol. The van der Waals surface area contributed by atoms with Crippen molar-refractivity contribution in [3.63, 3.8) is 0 Å². The van der Waals surface area contributed by atoms with Gasteiger partial charge in [0.05, 0.1) is 11.4 Å². The summed E-state index contributed by atoms with van der Waals surface area (Å²) in [5, 5.41) is 14.3. The van der Waals surface area contributed by atoms with Crippen LogP contribution in [0.25, 0.3) is 28.1 Å². The Hall–Kier alpha value is -3.94. The summed E-state index contributed by atoms with van der Waals surface area (Å²) in [4.78, 5) is 18.4. The molecule has 11 nitrogen and oxygen atoms in total. The van der Waals surface area contributed by atoms with E-state index < -0.39 is 10.0 Å². The van der Waals surface area contributed by atoms with Crippen LogP contribution in [-0.2, 0) is 14.8 Å². The topological polar surface area (TPSA) is 130 Å². The number of rotatable bonds is 7. The Labute approximate surface area is 235 Å². The van der Waals surface area contributed by atoms with E-state index in [0.717, 1.165) is 22.3 Å². The zero-order valence-corrected chi connectivity index (χ0v) is 23.6. The largest absolute Gasteiger partial charge is 0.360 e. The summed E-state index contributed by atoms with van der Waals surface area (Å²) in [5.41, 5.74) is 3.04. The van der Waals surface area contributed by atoms with Crippen LogP contribution in [0.3, 0.4) is 0 Å². The lowest BCUT2D eigenvalue weighted by atomic mass is 10.2. The Morgan fingerprint density at radius 1 is 1.00 bits per heavy atom. The third-order valence-corrected chi connectivity index (χ3v) is 9.96. The molecule has 3 aromatic heterocycles. The number of piperazine rings is 1. The van der Waals surface area contributed by atoms with Crippen molar-refractivity contribution in [2.24, 2.45) is 0 Å². The standard InChI is InChI=1S/C27H27N7O4S2/c1-18-25(19(2)38-31-18)40(36,37)33-14-12-32(13-15-33)24(35)17-39-27-30-29-26(34(27)21-9-4-3-5-10-21)23-16-20-8-6-7-11-22(20)28-23/h3-11,16,28H,12-15,17H2,1-2H3. The molecule has 206 valence electrons. The van der Waals surface area contributed by atoms with Crippen LogP contribution < -0.4 is 0 Å². The first-order chi connectivity index (χ1) is 19.3. The Bertz CT molecular complexity index is 1730. The molecule has 2 aromatic carbocycles. The first-order valence-corrected chi connectivity index (χ1v) is 15.2. The molecule has 1 saturated heterocycles. The summed E-state index contributed by atoms with van der Waals surface area (Å²) in [7, 11) is -3.74. The molecule has 0 atom stereocenters. The second-order valence-electron chi connectivity index (χ2n) is 9.47. The second kappa shape index (κ2) is 10.6. The van der Waals surface area contributed by atoms with Crippen LogP contribution in [0.15, 0.2) is 75.2 Å². The van der Waals surface area contributed by atoms with Gasteiger partial charge < -0.3 is 14.4 Å². The summed E-state index contributed by atoms with van der Waals surface area (Å²) >= 11 is 1.31. The number of thioether (sulfide) groups is 1. The minimum atomic E-state index is -3.74. The molecule has 0 bridgehead atoms. The van der Waals surface area contributed by atoms with E-state index in [1.165, 1.54) is 16.1 Å². The van der Waals surface area contributed by atoms with Crippen LogP contribution in [0.2, 0.25) is 0 Å². The minimum Gasteiger partial charge on any atom is -0.360 e. The molecule has 13 heteroatoms. The Morgan fingerprint density at radius 3 is 2.42 bits per heavy atom. The highest BCUT2D eigenvalue weighted by molar-refractivity contribution is 7.99. The van der Waals surface area contributed by atoms with Crippen LogP contribution in [0.5, 0.6) is 0 Å². The van der Waals surface area contributed by atoms with Crippen molar-refractivity contribution in [2.45, 2.75) is 23.9 Å². The van der Waals surface area contributed by atoms with E-state index in [4.69, 9.17) is 4.52 Å². The van der Waals surface area contributed by atoms with Crippen LogP contribution >= 0.6 is 11.8 Å². The van der Waals surface area contributed by atoms with Crippen molar-refractivity contribution in [3.05, 3.63) is 72.1 Å². The number of carbonyl (C=O) groups is 1. The van der Waals surface area contributed by atoms with Gasteiger partial charge in [0.1, 0.15) is 10.6 Å². The number of benzene rings is 2. The highest BCUT2D eigenvalue weighted by Gasteiger charge is 2.34. The molecule has 5 aromatic rings. The van der Waals surface area contributed by atoms with Crippen molar-refractivity contribution < 1.29 is 17.7 Å². The van der Waals surface area contributed by atoms with Gasteiger partial charge in [-0.3, -0.25) is 9.36 Å². The van der Waals surface area contributed by atoms with Crippen molar-refractivity contribution in [2.75, 3.05) is 31.9 Å². The summed E-state index contributed by atoms with van der Waals surface area (Å²) in [6.45, 7) is 4.20. The van der Waals surface area contributed by atoms with Gasteiger partial charge in [0.15, 0.2) is 16.7 Å². The molecule has 1 N–H and O–H groups in total. The average Bonchev–Trinajstić information content (AvgIpc) is 3.68. The fourth-order valence-electron chi connectivity index (χ4n) is 4.91. The van der Waals surface area contributed by atoms with Crippen LogP contribution in [-0.4, -0.2) is 80.4 Å². The van der Waals surface area contributed by atoms with E-state index in [2.05, 4.69) is 20.3 Å². The first kappa shape index (κ1) is 26.3. The third-order valence-electron chi connectivity index (χ3n) is 6.90. The maximum Gasteiger partial charge on any atom is 0.248 e. The van der Waals surface area contributed by atoms with Gasteiger partial charge in [-0.25, -0.2) is 8.42 Å². The number of nitrogens with zero attached hydrogens (tertiary/aromatic N) is 6. The predicted octanol–water partition coefficient (Wildman–Crippen LogP) is 3.65. The zero-order chi connectivity index (χ0) is 27.9. The molecule has 0 spiro atoms. The lowest BCUT2D eigenvalue weighted by Crippen LogP contribution is -2.51. The quantitative estimate of drug-likeness (QED) is 0.290. The third kappa shape index (κ3) is 4.80. The maximum atomic E-state index is 13.2. The number of carbonyl (C=O) groups excluding carboxylic acids is 1. The molecule has 0 unspecified atom stereocenters. The fraction of sp³-hybridized carbons (Fsp3) is 0.259. The lowest BCUT2D eigenvalue weighted by molar-refractivity contribution is -0.129. The highest BCUT2D eigenvalue weighted by atomic mass is 32.2. The maximum absolute atomic E-state index is 13.2. The van der Waals surface area contributed by atoms with Gasteiger partial charge >= 0.3 is 0 Å². The number of fused-ring (bicyclic) bond motifs is 1. The monoisotopic (exact) mass is 577 g/mol. The van der Waals surface area contributed by atoms with E-state index in [1.54, 1.807) is 18.7 Å². The lowest BCUT2D eigenvalue weighted by Gasteiger charge is -2.33. The Morgan fingerprint density at radius 2 is 1.73 bits per heavy atom. The second-order valence-corrected chi connectivity index (χ2v) is 12.3. The van der Waals surface area contributed by atoms with E-state index >= 15 is 0 Å². The summed E-state index contributed by atoms with van der Waals surface area (Å²) in [6, 6.07) is 19.8. The van der Waals surface area contributed by atoms with Crippen LogP contribution in [0, 0.1) is 13.8 Å². The highest BCUT2D eigenvalue weighted by Crippen LogP contribution is 2.30. The van der Waals surface area contributed by atoms with Crippen molar-refractivity contribution in [1.29, 1.82) is 0 Å². The number of hydrogen-bond donors (Lipinski definition) is 1. The molecule has 0 radical (unpaired) electrons. The fourth-order valence-corrected chi connectivity index (χ4v) is 7.48. The van der Waals surface area contributed by atoms with Crippen LogP contribution in [0.1, 0.15) is 11.5 Å². The SMILES string of the molecule is Cc1noc(C)c1S(=O)(=O)N1CCN(C(=O)CSc2nnc(-c3cc4ccccc4[nH]3)n2-c2ccccc2)CC1. The molecule has 6 rings (SSSR count). The number of aromatic amines is 1. The number of H-pyrrole nitrogens is 1. The van der Waals surface area contributed by atoms with Crippen LogP contribution in [0.4, 0.5) is 0 Å². The molecule has 1 amide bonds. The molecule has 0 aliphatic carbocycles. The first-order valence-electron chi connectivity index (χ1n) is 12.8. The molecular formula is C27H27N7O4S2. The average molecular weight is 578 g/mol. The Kier molecular flexibility index (Phi) is 6.94. The number of sulfonamides is 1. The molecule has 4 heterocycles. The smallest absolute Gasteiger partial charge is 0.248 e. The molecule has 1 aliphatic rings. The van der Waals surface area contributed by atoms with Crippen molar-refractivity contribution >= 4 is 38.6 Å². The zero-order valence-electron chi connectivity index (χ0n) is 21.9.